The van der Waals surface area contributed by atoms with Crippen molar-refractivity contribution in [3.05, 3.63) is 28.2 Å². The maximum absolute atomic E-state index is 6.49. The molecule has 3 heteroatoms. The zero-order valence-corrected chi connectivity index (χ0v) is 15.0. The van der Waals surface area contributed by atoms with Gasteiger partial charge in [0.15, 0.2) is 0 Å². The summed E-state index contributed by atoms with van der Waals surface area (Å²) >= 11 is 10.1. The molecule has 0 aromatic heterocycles. The van der Waals surface area contributed by atoms with Crippen LogP contribution in [-0.4, -0.2) is 6.61 Å². The minimum absolute atomic E-state index is 0.105. The Labute approximate surface area is 137 Å². The third kappa shape index (κ3) is 6.49. The Kier molecular flexibility index (Phi) is 9.37. The molecule has 1 rings (SSSR count). The summed E-state index contributed by atoms with van der Waals surface area (Å²) in [4.78, 5) is 0. The molecule has 1 unspecified atom stereocenters. The zero-order valence-electron chi connectivity index (χ0n) is 12.6. The van der Waals surface area contributed by atoms with Crippen molar-refractivity contribution in [3.63, 3.8) is 0 Å². The predicted molar refractivity (Wildman–Crippen MR) is 91.9 cm³/mol. The van der Waals surface area contributed by atoms with Gasteiger partial charge in [-0.3, -0.25) is 0 Å². The van der Waals surface area contributed by atoms with Gasteiger partial charge in [0.25, 0.3) is 0 Å². The molecule has 1 aromatic rings. The fourth-order valence-electron chi connectivity index (χ4n) is 2.13. The van der Waals surface area contributed by atoms with E-state index in [1.54, 1.807) is 0 Å². The first kappa shape index (κ1) is 17.8. The Morgan fingerprint density at radius 2 is 1.85 bits per heavy atom. The van der Waals surface area contributed by atoms with Crippen molar-refractivity contribution in [2.24, 2.45) is 0 Å². The van der Waals surface area contributed by atoms with Gasteiger partial charge in [-0.25, -0.2) is 0 Å². The highest BCUT2D eigenvalue weighted by Crippen LogP contribution is 2.33. The van der Waals surface area contributed by atoms with E-state index in [0.29, 0.717) is 0 Å². The molecule has 20 heavy (non-hydrogen) atoms. The van der Waals surface area contributed by atoms with Gasteiger partial charge in [0.05, 0.1) is 16.5 Å². The van der Waals surface area contributed by atoms with Gasteiger partial charge < -0.3 is 4.74 Å². The smallest absolute Gasteiger partial charge is 0.133 e. The van der Waals surface area contributed by atoms with E-state index in [-0.39, 0.29) is 5.38 Å². The van der Waals surface area contributed by atoms with Crippen molar-refractivity contribution in [1.82, 2.24) is 0 Å². The van der Waals surface area contributed by atoms with E-state index in [0.717, 1.165) is 29.7 Å². The van der Waals surface area contributed by atoms with E-state index in [1.807, 2.05) is 6.07 Å². The van der Waals surface area contributed by atoms with E-state index in [4.69, 9.17) is 16.3 Å². The van der Waals surface area contributed by atoms with Crippen LogP contribution in [0.5, 0.6) is 5.75 Å². The normalized spacial score (nSPS) is 12.4. The summed E-state index contributed by atoms with van der Waals surface area (Å²) in [7, 11) is 0. The lowest BCUT2D eigenvalue weighted by molar-refractivity contribution is 0.315. The fraction of sp³-hybridized carbons (Fsp3) is 0.647. The molecule has 0 fully saturated rings. The fourth-order valence-corrected chi connectivity index (χ4v) is 2.94. The van der Waals surface area contributed by atoms with Gasteiger partial charge in [-0.2, -0.15) is 0 Å². The van der Waals surface area contributed by atoms with Gasteiger partial charge in [-0.1, -0.05) is 52.0 Å². The maximum Gasteiger partial charge on any atom is 0.133 e. The average Bonchev–Trinajstić information content (AvgIpc) is 2.45. The van der Waals surface area contributed by atoms with Crippen LogP contribution in [0.4, 0.5) is 0 Å². The van der Waals surface area contributed by atoms with Crippen molar-refractivity contribution in [2.45, 2.75) is 64.2 Å². The van der Waals surface area contributed by atoms with Gasteiger partial charge in [-0.05, 0) is 46.5 Å². The molecule has 0 spiro atoms. The summed E-state index contributed by atoms with van der Waals surface area (Å²) in [6, 6.07) is 6.19. The van der Waals surface area contributed by atoms with Crippen LogP contribution in [0.3, 0.4) is 0 Å². The van der Waals surface area contributed by atoms with Gasteiger partial charge in [-0.15, -0.1) is 11.6 Å². The molecule has 114 valence electrons. The molecule has 0 aliphatic rings. The Morgan fingerprint density at radius 1 is 1.10 bits per heavy atom. The maximum atomic E-state index is 6.49. The van der Waals surface area contributed by atoms with Crippen LogP contribution in [-0.2, 0) is 0 Å². The quantitative estimate of drug-likeness (QED) is 0.326. The Morgan fingerprint density at radius 3 is 2.50 bits per heavy atom. The monoisotopic (exact) mass is 360 g/mol. The summed E-state index contributed by atoms with van der Waals surface area (Å²) < 4.78 is 6.66. The molecule has 1 atom stereocenters. The highest BCUT2D eigenvalue weighted by molar-refractivity contribution is 9.10. The van der Waals surface area contributed by atoms with Gasteiger partial charge in [0.1, 0.15) is 5.75 Å². The second-order valence-corrected chi connectivity index (χ2v) is 6.59. The molecule has 0 N–H and O–H groups in total. The molecule has 0 amide bonds. The van der Waals surface area contributed by atoms with E-state index in [9.17, 15) is 0 Å². The standard InChI is InChI=1S/C17H26BrClO/c1-3-5-6-7-8-9-16(19)14-10-11-17(15(18)13-14)20-12-4-2/h10-11,13,16H,3-9,12H2,1-2H3. The van der Waals surface area contributed by atoms with E-state index < -0.39 is 0 Å². The largest absolute Gasteiger partial charge is 0.492 e. The Hall–Kier alpha value is -0.210. The topological polar surface area (TPSA) is 9.23 Å². The lowest BCUT2D eigenvalue weighted by atomic mass is 10.0. The Bertz CT molecular complexity index is 381. The van der Waals surface area contributed by atoms with Crippen LogP contribution in [0.25, 0.3) is 0 Å². The molecule has 0 aliphatic heterocycles. The van der Waals surface area contributed by atoms with Crippen molar-refractivity contribution in [3.8, 4) is 5.75 Å². The summed E-state index contributed by atoms with van der Waals surface area (Å²) in [6.07, 6.45) is 8.51. The summed E-state index contributed by atoms with van der Waals surface area (Å²) in [5.74, 6) is 0.905. The molecule has 0 saturated carbocycles. The third-order valence-corrected chi connectivity index (χ3v) is 4.43. The van der Waals surface area contributed by atoms with Gasteiger partial charge in [0.2, 0.25) is 0 Å². The molecule has 0 radical (unpaired) electrons. The zero-order chi connectivity index (χ0) is 14.8. The SMILES string of the molecule is CCCCCCCC(Cl)c1ccc(OCCC)c(Br)c1. The molecular formula is C17H26BrClO. The van der Waals surface area contributed by atoms with Crippen molar-refractivity contribution in [1.29, 1.82) is 0 Å². The molecule has 0 aliphatic carbocycles. The first-order valence-corrected chi connectivity index (χ1v) is 8.98. The molecule has 0 bridgehead atoms. The lowest BCUT2D eigenvalue weighted by Gasteiger charge is -2.13. The number of benzene rings is 1. The second kappa shape index (κ2) is 10.5. The van der Waals surface area contributed by atoms with Crippen molar-refractivity contribution in [2.75, 3.05) is 6.61 Å². The number of rotatable bonds is 10. The van der Waals surface area contributed by atoms with Crippen molar-refractivity contribution >= 4 is 27.5 Å². The van der Waals surface area contributed by atoms with Crippen LogP contribution in [0, 0.1) is 0 Å². The van der Waals surface area contributed by atoms with Crippen LogP contribution in [0.15, 0.2) is 22.7 Å². The van der Waals surface area contributed by atoms with Gasteiger partial charge >= 0.3 is 0 Å². The van der Waals surface area contributed by atoms with Crippen molar-refractivity contribution < 1.29 is 4.74 Å². The van der Waals surface area contributed by atoms with Crippen LogP contribution in [0.1, 0.15) is 69.7 Å². The Balaban J connectivity index is 2.43. The summed E-state index contributed by atoms with van der Waals surface area (Å²) in [5.41, 5.74) is 1.18. The van der Waals surface area contributed by atoms with E-state index in [2.05, 4.69) is 41.9 Å². The highest BCUT2D eigenvalue weighted by Gasteiger charge is 2.10. The van der Waals surface area contributed by atoms with E-state index in [1.165, 1.54) is 37.7 Å². The first-order valence-electron chi connectivity index (χ1n) is 7.75. The van der Waals surface area contributed by atoms with Crippen LogP contribution >= 0.6 is 27.5 Å². The first-order chi connectivity index (χ1) is 9.69. The number of unbranched alkanes of at least 4 members (excludes halogenated alkanes) is 4. The third-order valence-electron chi connectivity index (χ3n) is 3.34. The highest BCUT2D eigenvalue weighted by atomic mass is 79.9. The number of halogens is 2. The number of ether oxygens (including phenoxy) is 1. The predicted octanol–water partition coefficient (Wildman–Crippen LogP) is 6.88. The molecular weight excluding hydrogens is 336 g/mol. The molecule has 1 aromatic carbocycles. The molecule has 0 saturated heterocycles. The second-order valence-electron chi connectivity index (χ2n) is 5.21. The number of hydrogen-bond donors (Lipinski definition) is 0. The van der Waals surface area contributed by atoms with Gasteiger partial charge in [0, 0.05) is 0 Å². The summed E-state index contributed by atoms with van der Waals surface area (Å²) in [5, 5.41) is 0.105. The average molecular weight is 362 g/mol. The lowest BCUT2D eigenvalue weighted by Crippen LogP contribution is -1.97. The number of alkyl halides is 1. The van der Waals surface area contributed by atoms with Crippen LogP contribution in [0.2, 0.25) is 0 Å². The minimum Gasteiger partial charge on any atom is -0.492 e. The van der Waals surface area contributed by atoms with Crippen LogP contribution < -0.4 is 4.74 Å². The number of hydrogen-bond acceptors (Lipinski definition) is 1. The minimum atomic E-state index is 0.105. The van der Waals surface area contributed by atoms with E-state index >= 15 is 0 Å². The summed E-state index contributed by atoms with van der Waals surface area (Å²) in [6.45, 7) is 5.10. The molecule has 1 nitrogen and oxygen atoms in total. The molecule has 0 heterocycles.